The Labute approximate surface area is 177 Å². The maximum absolute atomic E-state index is 13.2. The molecule has 6 nitrogen and oxygen atoms in total. The quantitative estimate of drug-likeness (QED) is 0.667. The monoisotopic (exact) mass is 401 g/mol. The molecule has 2 heterocycles. The van der Waals surface area contributed by atoms with E-state index < -0.39 is 0 Å². The molecule has 1 amide bonds. The summed E-state index contributed by atoms with van der Waals surface area (Å²) in [4.78, 5) is 22.2. The molecule has 1 saturated carbocycles. The lowest BCUT2D eigenvalue weighted by molar-refractivity contribution is 0.0755. The molecule has 0 N–H and O–H groups in total. The molecule has 1 aliphatic carbocycles. The molecule has 154 valence electrons. The van der Waals surface area contributed by atoms with Gasteiger partial charge in [0.15, 0.2) is 0 Å². The van der Waals surface area contributed by atoms with Crippen molar-refractivity contribution >= 4 is 11.6 Å². The number of hydrogen-bond acceptors (Lipinski definition) is 4. The average molecular weight is 402 g/mol. The van der Waals surface area contributed by atoms with E-state index in [1.807, 2.05) is 39.9 Å². The van der Waals surface area contributed by atoms with Crippen molar-refractivity contribution in [2.24, 2.45) is 0 Å². The van der Waals surface area contributed by atoms with Crippen LogP contribution in [0.3, 0.4) is 0 Å². The van der Waals surface area contributed by atoms with Gasteiger partial charge < -0.3 is 9.80 Å². The molecule has 1 aromatic heterocycles. The Kier molecular flexibility index (Phi) is 4.99. The van der Waals surface area contributed by atoms with Crippen molar-refractivity contribution < 1.29 is 4.79 Å². The second-order valence-electron chi connectivity index (χ2n) is 8.28. The number of hydrogen-bond donors (Lipinski definition) is 0. The van der Waals surface area contributed by atoms with Gasteiger partial charge in [0, 0.05) is 37.8 Å². The highest BCUT2D eigenvalue weighted by Crippen LogP contribution is 2.39. The summed E-state index contributed by atoms with van der Waals surface area (Å²) in [5.74, 6) is 1.60. The number of carbonyl (C=O) groups is 1. The molecule has 2 fully saturated rings. The number of amides is 1. The molecular formula is C24H27N5O. The van der Waals surface area contributed by atoms with Crippen LogP contribution in [0.1, 0.15) is 47.2 Å². The van der Waals surface area contributed by atoms with E-state index in [-0.39, 0.29) is 5.91 Å². The van der Waals surface area contributed by atoms with E-state index in [4.69, 9.17) is 0 Å². The topological polar surface area (TPSA) is 54.3 Å². The van der Waals surface area contributed by atoms with E-state index >= 15 is 0 Å². The van der Waals surface area contributed by atoms with Crippen molar-refractivity contribution in [2.45, 2.75) is 32.1 Å². The fraction of sp³-hybridized carbons (Fsp3) is 0.375. The predicted octanol–water partition coefficient (Wildman–Crippen LogP) is 3.81. The minimum absolute atomic E-state index is 0.0580. The lowest BCUT2D eigenvalue weighted by atomic mass is 10.2. The Bertz CT molecular complexity index is 1020. The van der Waals surface area contributed by atoms with Crippen LogP contribution in [-0.2, 0) is 0 Å². The van der Waals surface area contributed by atoms with Crippen molar-refractivity contribution in [3.8, 4) is 5.69 Å². The van der Waals surface area contributed by atoms with E-state index in [0.717, 1.165) is 50.4 Å². The molecular weight excluding hydrogens is 374 g/mol. The molecule has 3 aromatic rings. The van der Waals surface area contributed by atoms with E-state index in [9.17, 15) is 4.79 Å². The first-order valence-electron chi connectivity index (χ1n) is 10.8. The number of nitrogens with zero attached hydrogens (tertiary/aromatic N) is 5. The second kappa shape index (κ2) is 7.94. The van der Waals surface area contributed by atoms with Crippen LogP contribution < -0.4 is 4.90 Å². The summed E-state index contributed by atoms with van der Waals surface area (Å²) >= 11 is 0. The number of rotatable bonds is 4. The summed E-state index contributed by atoms with van der Waals surface area (Å²) in [5.41, 5.74) is 3.45. The summed E-state index contributed by atoms with van der Waals surface area (Å²) in [5, 5.41) is 4.64. The molecule has 0 atom stereocenters. The molecule has 1 saturated heterocycles. The van der Waals surface area contributed by atoms with Gasteiger partial charge in [-0.3, -0.25) is 4.79 Å². The zero-order valence-corrected chi connectivity index (χ0v) is 17.4. The summed E-state index contributed by atoms with van der Waals surface area (Å²) in [6.07, 6.45) is 3.18. The van der Waals surface area contributed by atoms with Crippen LogP contribution in [0.4, 0.5) is 5.69 Å². The predicted molar refractivity (Wildman–Crippen MR) is 117 cm³/mol. The van der Waals surface area contributed by atoms with E-state index in [2.05, 4.69) is 46.2 Å². The van der Waals surface area contributed by atoms with Crippen molar-refractivity contribution in [3.05, 3.63) is 71.8 Å². The van der Waals surface area contributed by atoms with Crippen LogP contribution in [0, 0.1) is 6.92 Å². The highest BCUT2D eigenvalue weighted by atomic mass is 16.2. The van der Waals surface area contributed by atoms with Crippen molar-refractivity contribution in [2.75, 3.05) is 31.1 Å². The number of carbonyl (C=O) groups excluding carboxylic acids is 1. The Hall–Kier alpha value is -3.15. The Morgan fingerprint density at radius 3 is 2.40 bits per heavy atom. The normalized spacial score (nSPS) is 17.1. The van der Waals surface area contributed by atoms with Gasteiger partial charge >= 0.3 is 0 Å². The van der Waals surface area contributed by atoms with Gasteiger partial charge in [-0.05, 0) is 50.5 Å². The summed E-state index contributed by atoms with van der Waals surface area (Å²) in [6.45, 7) is 5.30. The van der Waals surface area contributed by atoms with Gasteiger partial charge in [0.1, 0.15) is 5.82 Å². The zero-order valence-electron chi connectivity index (χ0n) is 17.4. The van der Waals surface area contributed by atoms with Gasteiger partial charge in [0.05, 0.1) is 5.69 Å². The van der Waals surface area contributed by atoms with Gasteiger partial charge in [0.2, 0.25) is 5.82 Å². The number of aryl methyl sites for hydroxylation is 1. The summed E-state index contributed by atoms with van der Waals surface area (Å²) < 4.78 is 1.86. The fourth-order valence-corrected chi connectivity index (χ4v) is 4.06. The fourth-order valence-electron chi connectivity index (χ4n) is 4.06. The number of anilines is 1. The first-order valence-corrected chi connectivity index (χ1v) is 10.8. The average Bonchev–Trinajstić information content (AvgIpc) is 3.57. The van der Waals surface area contributed by atoms with Crippen LogP contribution in [0.5, 0.6) is 0 Å². The van der Waals surface area contributed by atoms with Crippen LogP contribution in [0.15, 0.2) is 54.6 Å². The largest absolute Gasteiger partial charge is 0.370 e. The second-order valence-corrected chi connectivity index (χ2v) is 8.28. The minimum atomic E-state index is -0.0580. The summed E-state index contributed by atoms with van der Waals surface area (Å²) in [7, 11) is 0. The Morgan fingerprint density at radius 2 is 1.67 bits per heavy atom. The van der Waals surface area contributed by atoms with Crippen molar-refractivity contribution in [3.63, 3.8) is 0 Å². The van der Waals surface area contributed by atoms with Crippen LogP contribution in [-0.4, -0.2) is 51.8 Å². The third kappa shape index (κ3) is 3.82. The van der Waals surface area contributed by atoms with Gasteiger partial charge in [-0.1, -0.05) is 35.9 Å². The lowest BCUT2D eigenvalue weighted by Crippen LogP contribution is -2.35. The van der Waals surface area contributed by atoms with Crippen LogP contribution in [0.2, 0.25) is 0 Å². The SMILES string of the molecule is Cc1ccc(N2CCCN(C(=O)c3nc(C4CC4)n(-c4ccccc4)n3)CC2)cc1. The molecule has 5 rings (SSSR count). The number of para-hydroxylation sites is 1. The van der Waals surface area contributed by atoms with Crippen LogP contribution >= 0.6 is 0 Å². The first-order chi connectivity index (χ1) is 14.7. The smallest absolute Gasteiger partial charge is 0.293 e. The van der Waals surface area contributed by atoms with Crippen LogP contribution in [0.25, 0.3) is 5.69 Å². The Balaban J connectivity index is 1.34. The van der Waals surface area contributed by atoms with Crippen molar-refractivity contribution in [1.82, 2.24) is 19.7 Å². The summed E-state index contributed by atoms with van der Waals surface area (Å²) in [6, 6.07) is 18.6. The molecule has 0 spiro atoms. The zero-order chi connectivity index (χ0) is 20.5. The van der Waals surface area contributed by atoms with Gasteiger partial charge in [-0.25, -0.2) is 9.67 Å². The standard InChI is InChI=1S/C24H27N5O/c1-18-8-12-20(13-9-18)27-14-5-15-28(17-16-27)24(30)22-25-23(19-10-11-19)29(26-22)21-6-3-2-4-7-21/h2-4,6-9,12-13,19H,5,10-11,14-17H2,1H3. The lowest BCUT2D eigenvalue weighted by Gasteiger charge is -2.23. The highest BCUT2D eigenvalue weighted by molar-refractivity contribution is 5.90. The van der Waals surface area contributed by atoms with E-state index in [0.29, 0.717) is 18.3 Å². The third-order valence-corrected chi connectivity index (χ3v) is 5.95. The minimum Gasteiger partial charge on any atom is -0.370 e. The molecule has 0 radical (unpaired) electrons. The third-order valence-electron chi connectivity index (χ3n) is 5.95. The molecule has 1 aliphatic heterocycles. The van der Waals surface area contributed by atoms with Gasteiger partial charge in [-0.15, -0.1) is 5.10 Å². The molecule has 0 unspecified atom stereocenters. The number of benzene rings is 2. The van der Waals surface area contributed by atoms with Gasteiger partial charge in [-0.2, -0.15) is 0 Å². The number of aromatic nitrogens is 3. The van der Waals surface area contributed by atoms with E-state index in [1.165, 1.54) is 11.3 Å². The highest BCUT2D eigenvalue weighted by Gasteiger charge is 2.32. The van der Waals surface area contributed by atoms with Crippen molar-refractivity contribution in [1.29, 1.82) is 0 Å². The maximum Gasteiger partial charge on any atom is 0.293 e. The molecule has 6 heteroatoms. The molecule has 2 aliphatic rings. The van der Waals surface area contributed by atoms with E-state index in [1.54, 1.807) is 0 Å². The first kappa shape index (κ1) is 18.9. The maximum atomic E-state index is 13.2. The molecule has 2 aromatic carbocycles. The van der Waals surface area contributed by atoms with Gasteiger partial charge in [0.25, 0.3) is 5.91 Å². The molecule has 30 heavy (non-hydrogen) atoms. The Morgan fingerprint density at radius 1 is 0.900 bits per heavy atom. The molecule has 0 bridgehead atoms.